The lowest BCUT2D eigenvalue weighted by atomic mass is 10.2. The fraction of sp³-hybridized carbons (Fsp3) is 0.333. The Labute approximate surface area is 157 Å². The van der Waals surface area contributed by atoms with Crippen molar-refractivity contribution in [3.63, 3.8) is 0 Å². The van der Waals surface area contributed by atoms with Gasteiger partial charge < -0.3 is 15.1 Å². The smallest absolute Gasteiger partial charge is 0.255 e. The number of nitrogens with zero attached hydrogens (tertiary/aromatic N) is 3. The van der Waals surface area contributed by atoms with Crippen molar-refractivity contribution in [1.29, 1.82) is 0 Å². The average Bonchev–Trinajstić information content (AvgIpc) is 2.64. The van der Waals surface area contributed by atoms with Gasteiger partial charge in [0.1, 0.15) is 0 Å². The highest BCUT2D eigenvalue weighted by molar-refractivity contribution is 6.42. The van der Waals surface area contributed by atoms with Gasteiger partial charge in [0.2, 0.25) is 0 Å². The van der Waals surface area contributed by atoms with E-state index in [0.717, 1.165) is 44.1 Å². The molecule has 3 rings (SSSR count). The van der Waals surface area contributed by atoms with Crippen LogP contribution in [0.3, 0.4) is 0 Å². The van der Waals surface area contributed by atoms with Crippen LogP contribution in [0.4, 0.5) is 11.4 Å². The minimum Gasteiger partial charge on any atom is -0.354 e. The highest BCUT2D eigenvalue weighted by Gasteiger charge is 2.21. The number of halogens is 2. The largest absolute Gasteiger partial charge is 0.354 e. The molecular formula is C18H20Cl2N4O. The molecule has 1 fully saturated rings. The molecule has 0 spiro atoms. The summed E-state index contributed by atoms with van der Waals surface area (Å²) in [7, 11) is 0. The van der Waals surface area contributed by atoms with Crippen LogP contribution in [0.2, 0.25) is 10.0 Å². The molecule has 0 bridgehead atoms. The number of benzene rings is 1. The van der Waals surface area contributed by atoms with Crippen LogP contribution in [0.1, 0.15) is 17.3 Å². The Morgan fingerprint density at radius 1 is 1.08 bits per heavy atom. The number of nitrogens with one attached hydrogen (secondary N) is 1. The molecule has 0 aliphatic carbocycles. The Morgan fingerprint density at radius 2 is 1.84 bits per heavy atom. The zero-order valence-electron chi connectivity index (χ0n) is 14.0. The molecule has 1 amide bonds. The normalized spacial score (nSPS) is 15.2. The van der Waals surface area contributed by atoms with Crippen molar-refractivity contribution in [3.8, 4) is 0 Å². The quantitative estimate of drug-likeness (QED) is 0.875. The lowest BCUT2D eigenvalue weighted by Gasteiger charge is -2.34. The SMILES string of the molecule is CCN1CCN(C(=O)c2cncc(Nc3ccc(Cl)c(Cl)c3)c2)CC1. The number of likely N-dealkylation sites (N-methyl/N-ethyl adjacent to an activating group) is 1. The lowest BCUT2D eigenvalue weighted by molar-refractivity contribution is 0.0643. The summed E-state index contributed by atoms with van der Waals surface area (Å²) in [4.78, 5) is 21.1. The summed E-state index contributed by atoms with van der Waals surface area (Å²) in [6, 6.07) is 7.10. The van der Waals surface area contributed by atoms with E-state index in [0.29, 0.717) is 15.6 Å². The van der Waals surface area contributed by atoms with Gasteiger partial charge in [0.05, 0.1) is 27.5 Å². The van der Waals surface area contributed by atoms with E-state index >= 15 is 0 Å². The minimum atomic E-state index is 0.0149. The van der Waals surface area contributed by atoms with Crippen LogP contribution >= 0.6 is 23.2 Å². The Hall–Kier alpha value is -1.82. The van der Waals surface area contributed by atoms with Crippen molar-refractivity contribution in [2.45, 2.75) is 6.92 Å². The Bertz CT molecular complexity index is 760. The molecule has 2 aromatic rings. The van der Waals surface area contributed by atoms with Crippen LogP contribution in [-0.4, -0.2) is 53.4 Å². The molecule has 1 aliphatic heterocycles. The Morgan fingerprint density at radius 3 is 2.52 bits per heavy atom. The number of piperazine rings is 1. The molecule has 0 saturated carbocycles. The number of aromatic nitrogens is 1. The summed E-state index contributed by atoms with van der Waals surface area (Å²) in [5, 5.41) is 4.18. The van der Waals surface area contributed by atoms with Gasteiger partial charge in [-0.3, -0.25) is 9.78 Å². The molecule has 7 heteroatoms. The fourth-order valence-corrected chi connectivity index (χ4v) is 3.11. The molecule has 1 aromatic carbocycles. The van der Waals surface area contributed by atoms with Crippen molar-refractivity contribution in [2.75, 3.05) is 38.0 Å². The standard InChI is InChI=1S/C18H20Cl2N4O/c1-2-23-5-7-24(8-6-23)18(25)13-9-15(12-21-11-13)22-14-3-4-16(19)17(20)10-14/h3-4,9-12,22H,2,5-8H2,1H3. The number of rotatable bonds is 4. The van der Waals surface area contributed by atoms with E-state index < -0.39 is 0 Å². The van der Waals surface area contributed by atoms with Gasteiger partial charge in [-0.05, 0) is 30.8 Å². The molecule has 132 valence electrons. The van der Waals surface area contributed by atoms with Gasteiger partial charge in [0, 0.05) is 38.1 Å². The average molecular weight is 379 g/mol. The second-order valence-corrected chi connectivity index (χ2v) is 6.76. The molecule has 25 heavy (non-hydrogen) atoms. The van der Waals surface area contributed by atoms with Crippen molar-refractivity contribution >= 4 is 40.5 Å². The summed E-state index contributed by atoms with van der Waals surface area (Å²) in [5.74, 6) is 0.0149. The van der Waals surface area contributed by atoms with Crippen LogP contribution in [0.15, 0.2) is 36.7 Å². The van der Waals surface area contributed by atoms with Crippen LogP contribution in [0.25, 0.3) is 0 Å². The van der Waals surface area contributed by atoms with Gasteiger partial charge >= 0.3 is 0 Å². The second kappa shape index (κ2) is 8.04. The van der Waals surface area contributed by atoms with E-state index in [2.05, 4.69) is 22.1 Å². The predicted octanol–water partition coefficient (Wildman–Crippen LogP) is 3.91. The van der Waals surface area contributed by atoms with Crippen LogP contribution in [-0.2, 0) is 0 Å². The van der Waals surface area contributed by atoms with Crippen LogP contribution in [0, 0.1) is 0 Å². The van der Waals surface area contributed by atoms with E-state index in [-0.39, 0.29) is 5.91 Å². The summed E-state index contributed by atoms with van der Waals surface area (Å²) in [6.07, 6.45) is 3.28. The first kappa shape index (κ1) is 18.0. The minimum absolute atomic E-state index is 0.0149. The van der Waals surface area contributed by atoms with Crippen LogP contribution < -0.4 is 5.32 Å². The van der Waals surface area contributed by atoms with Crippen molar-refractivity contribution in [3.05, 3.63) is 52.3 Å². The molecule has 1 aliphatic rings. The molecule has 0 unspecified atom stereocenters. The Kier molecular flexibility index (Phi) is 5.78. The van der Waals surface area contributed by atoms with Gasteiger partial charge in [-0.2, -0.15) is 0 Å². The van der Waals surface area contributed by atoms with E-state index in [1.165, 1.54) is 0 Å². The maximum Gasteiger partial charge on any atom is 0.255 e. The first-order chi connectivity index (χ1) is 12.1. The number of hydrogen-bond acceptors (Lipinski definition) is 4. The third-order valence-corrected chi connectivity index (χ3v) is 5.04. The summed E-state index contributed by atoms with van der Waals surface area (Å²) < 4.78 is 0. The Balaban J connectivity index is 1.70. The maximum atomic E-state index is 12.7. The molecule has 2 heterocycles. The zero-order valence-corrected chi connectivity index (χ0v) is 15.5. The van der Waals surface area contributed by atoms with Crippen LogP contribution in [0.5, 0.6) is 0 Å². The topological polar surface area (TPSA) is 48.5 Å². The molecule has 1 aromatic heterocycles. The van der Waals surface area contributed by atoms with Crippen molar-refractivity contribution in [1.82, 2.24) is 14.8 Å². The molecular weight excluding hydrogens is 359 g/mol. The van der Waals surface area contributed by atoms with Gasteiger partial charge in [-0.1, -0.05) is 30.1 Å². The van der Waals surface area contributed by atoms with E-state index in [9.17, 15) is 4.79 Å². The van der Waals surface area contributed by atoms with Crippen molar-refractivity contribution in [2.24, 2.45) is 0 Å². The van der Waals surface area contributed by atoms with Gasteiger partial charge in [-0.15, -0.1) is 0 Å². The second-order valence-electron chi connectivity index (χ2n) is 5.94. The summed E-state index contributed by atoms with van der Waals surface area (Å²) in [6.45, 7) is 6.48. The number of pyridine rings is 1. The number of carbonyl (C=O) groups excluding carboxylic acids is 1. The van der Waals surface area contributed by atoms with Gasteiger partial charge in [0.25, 0.3) is 5.91 Å². The summed E-state index contributed by atoms with van der Waals surface area (Å²) in [5.41, 5.74) is 2.10. The van der Waals surface area contributed by atoms with E-state index in [1.807, 2.05) is 17.0 Å². The highest BCUT2D eigenvalue weighted by Crippen LogP contribution is 2.27. The van der Waals surface area contributed by atoms with Gasteiger partial charge in [-0.25, -0.2) is 0 Å². The molecule has 0 atom stereocenters. The zero-order chi connectivity index (χ0) is 17.8. The van der Waals surface area contributed by atoms with E-state index in [1.54, 1.807) is 24.5 Å². The molecule has 1 saturated heterocycles. The first-order valence-electron chi connectivity index (χ1n) is 8.25. The number of hydrogen-bond donors (Lipinski definition) is 1. The third kappa shape index (κ3) is 4.42. The fourth-order valence-electron chi connectivity index (χ4n) is 2.82. The van der Waals surface area contributed by atoms with Crippen molar-refractivity contribution < 1.29 is 4.79 Å². The maximum absolute atomic E-state index is 12.7. The molecule has 5 nitrogen and oxygen atoms in total. The lowest BCUT2D eigenvalue weighted by Crippen LogP contribution is -2.48. The molecule has 0 radical (unpaired) electrons. The summed E-state index contributed by atoms with van der Waals surface area (Å²) >= 11 is 12.0. The number of carbonyl (C=O) groups is 1. The number of amides is 1. The first-order valence-corrected chi connectivity index (χ1v) is 9.01. The third-order valence-electron chi connectivity index (χ3n) is 4.30. The highest BCUT2D eigenvalue weighted by atomic mass is 35.5. The monoisotopic (exact) mass is 378 g/mol. The number of anilines is 2. The van der Waals surface area contributed by atoms with Gasteiger partial charge in [0.15, 0.2) is 0 Å². The van der Waals surface area contributed by atoms with E-state index in [4.69, 9.17) is 23.2 Å². The predicted molar refractivity (Wildman–Crippen MR) is 102 cm³/mol. The molecule has 1 N–H and O–H groups in total.